The zero-order valence-electron chi connectivity index (χ0n) is 15.8. The maximum atomic E-state index is 12.6. The van der Waals surface area contributed by atoms with Gasteiger partial charge in [-0.25, -0.2) is 0 Å². The van der Waals surface area contributed by atoms with Crippen LogP contribution in [-0.4, -0.2) is 49.4 Å². The summed E-state index contributed by atoms with van der Waals surface area (Å²) in [5.41, 5.74) is 1.96. The highest BCUT2D eigenvalue weighted by Gasteiger charge is 2.26. The van der Waals surface area contributed by atoms with Crippen molar-refractivity contribution in [2.75, 3.05) is 32.0 Å². The van der Waals surface area contributed by atoms with E-state index >= 15 is 0 Å². The molecule has 0 bridgehead atoms. The van der Waals surface area contributed by atoms with Crippen LogP contribution in [0.2, 0.25) is 0 Å². The zero-order chi connectivity index (χ0) is 18.2. The molecule has 0 spiro atoms. The minimum absolute atomic E-state index is 0.0603. The van der Waals surface area contributed by atoms with E-state index in [2.05, 4.69) is 5.32 Å². The predicted molar refractivity (Wildman–Crippen MR) is 101 cm³/mol. The first-order valence-corrected chi connectivity index (χ1v) is 9.47. The summed E-state index contributed by atoms with van der Waals surface area (Å²) in [6, 6.07) is 8.13. The number of hydrogen-bond acceptors (Lipinski definition) is 2. The van der Waals surface area contributed by atoms with Crippen molar-refractivity contribution in [3.63, 3.8) is 0 Å². The van der Waals surface area contributed by atoms with Crippen molar-refractivity contribution in [3.05, 3.63) is 29.8 Å². The number of amides is 2. The Morgan fingerprint density at radius 3 is 2.36 bits per heavy atom. The predicted octanol–water partition coefficient (Wildman–Crippen LogP) is 1.63. The Labute approximate surface area is 151 Å². The van der Waals surface area contributed by atoms with Crippen LogP contribution in [0.1, 0.15) is 44.6 Å². The molecule has 1 aliphatic carbocycles. The Hall–Kier alpha value is -1.88. The van der Waals surface area contributed by atoms with E-state index in [9.17, 15) is 9.59 Å². The van der Waals surface area contributed by atoms with Gasteiger partial charge in [0, 0.05) is 18.3 Å². The minimum atomic E-state index is -0.0603. The fourth-order valence-electron chi connectivity index (χ4n) is 3.57. The van der Waals surface area contributed by atoms with E-state index in [1.165, 1.54) is 19.3 Å². The van der Waals surface area contributed by atoms with Gasteiger partial charge in [-0.15, -0.1) is 0 Å². The van der Waals surface area contributed by atoms with Crippen LogP contribution in [0.25, 0.3) is 0 Å². The average molecular weight is 346 g/mol. The van der Waals surface area contributed by atoms with E-state index in [0.717, 1.165) is 35.5 Å². The van der Waals surface area contributed by atoms with Crippen molar-refractivity contribution in [1.29, 1.82) is 0 Å². The summed E-state index contributed by atoms with van der Waals surface area (Å²) in [5, 5.41) is 2.90. The maximum absolute atomic E-state index is 12.6. The Bertz CT molecular complexity index is 565. The van der Waals surface area contributed by atoms with Crippen molar-refractivity contribution in [3.8, 4) is 0 Å². The Balaban J connectivity index is 1.81. The van der Waals surface area contributed by atoms with Gasteiger partial charge in [0.15, 0.2) is 13.1 Å². The summed E-state index contributed by atoms with van der Waals surface area (Å²) in [6.45, 7) is 5.48. The Kier molecular flexibility index (Phi) is 7.44. The van der Waals surface area contributed by atoms with Gasteiger partial charge < -0.3 is 15.1 Å². The van der Waals surface area contributed by atoms with E-state index in [0.29, 0.717) is 19.1 Å². The molecule has 0 aromatic heterocycles. The molecule has 2 amide bonds. The lowest BCUT2D eigenvalue weighted by Crippen LogP contribution is -3.11. The molecule has 0 aliphatic heterocycles. The van der Waals surface area contributed by atoms with Gasteiger partial charge in [0.1, 0.15) is 0 Å². The summed E-state index contributed by atoms with van der Waals surface area (Å²) in [4.78, 5) is 27.7. The van der Waals surface area contributed by atoms with Crippen LogP contribution in [0.5, 0.6) is 0 Å². The van der Waals surface area contributed by atoms with Crippen LogP contribution < -0.4 is 10.2 Å². The lowest BCUT2D eigenvalue weighted by Gasteiger charge is -2.33. The van der Waals surface area contributed by atoms with Gasteiger partial charge in [0.05, 0.1) is 7.05 Å². The summed E-state index contributed by atoms with van der Waals surface area (Å²) < 4.78 is 0. The van der Waals surface area contributed by atoms with Crippen molar-refractivity contribution >= 4 is 17.5 Å². The first kappa shape index (κ1) is 19.4. The number of rotatable bonds is 7. The molecule has 0 radical (unpaired) electrons. The van der Waals surface area contributed by atoms with E-state index in [-0.39, 0.29) is 11.8 Å². The molecule has 5 nitrogen and oxygen atoms in total. The number of nitrogens with one attached hydrogen (secondary N) is 2. The largest absolute Gasteiger partial charge is 0.335 e. The van der Waals surface area contributed by atoms with E-state index in [1.807, 2.05) is 50.1 Å². The number of carbonyl (C=O) groups is 2. The van der Waals surface area contributed by atoms with Crippen molar-refractivity contribution in [1.82, 2.24) is 4.90 Å². The highest BCUT2D eigenvalue weighted by atomic mass is 16.2. The smallest absolute Gasteiger partial charge is 0.279 e. The van der Waals surface area contributed by atoms with Gasteiger partial charge in [-0.1, -0.05) is 37.0 Å². The molecule has 138 valence electrons. The number of hydrogen-bond donors (Lipinski definition) is 2. The summed E-state index contributed by atoms with van der Waals surface area (Å²) in [6.07, 6.45) is 5.96. The highest BCUT2D eigenvalue weighted by molar-refractivity contribution is 5.91. The summed E-state index contributed by atoms with van der Waals surface area (Å²) >= 11 is 0. The molecule has 0 saturated heterocycles. The van der Waals surface area contributed by atoms with Gasteiger partial charge in [-0.3, -0.25) is 9.59 Å². The third-order valence-electron chi connectivity index (χ3n) is 4.93. The second kappa shape index (κ2) is 9.56. The maximum Gasteiger partial charge on any atom is 0.279 e. The van der Waals surface area contributed by atoms with E-state index < -0.39 is 0 Å². The fourth-order valence-corrected chi connectivity index (χ4v) is 3.57. The van der Waals surface area contributed by atoms with Gasteiger partial charge >= 0.3 is 0 Å². The van der Waals surface area contributed by atoms with Crippen LogP contribution in [0.4, 0.5) is 5.69 Å². The lowest BCUT2D eigenvalue weighted by molar-refractivity contribution is -0.862. The summed E-state index contributed by atoms with van der Waals surface area (Å²) in [7, 11) is 1.90. The Morgan fingerprint density at radius 2 is 1.76 bits per heavy atom. The number of nitrogens with zero attached hydrogens (tertiary/aromatic N) is 1. The molecule has 1 atom stereocenters. The molecule has 2 N–H and O–H groups in total. The van der Waals surface area contributed by atoms with Crippen molar-refractivity contribution in [2.24, 2.45) is 0 Å². The fraction of sp³-hybridized carbons (Fsp3) is 0.600. The van der Waals surface area contributed by atoms with Crippen LogP contribution in [-0.2, 0) is 9.59 Å². The number of anilines is 1. The SMILES string of the molecule is CCN(C(=O)C[NH+](C)CC(=O)Nc1ccc(C)cc1)C1CCCCC1. The molecule has 2 rings (SSSR count). The van der Waals surface area contributed by atoms with Gasteiger partial charge in [0.25, 0.3) is 11.8 Å². The van der Waals surface area contributed by atoms with Crippen LogP contribution in [0, 0.1) is 6.92 Å². The first-order chi connectivity index (χ1) is 12.0. The molecule has 1 unspecified atom stereocenters. The minimum Gasteiger partial charge on any atom is -0.335 e. The van der Waals surface area contributed by atoms with Crippen LogP contribution in [0.3, 0.4) is 0 Å². The third-order valence-corrected chi connectivity index (χ3v) is 4.93. The second-order valence-corrected chi connectivity index (χ2v) is 7.20. The standard InChI is InChI=1S/C20H31N3O2/c1-4-23(18-8-6-5-7-9-18)20(25)15-22(3)14-19(24)21-17-12-10-16(2)11-13-17/h10-13,18H,4-9,14-15H2,1-3H3,(H,21,24)/p+1. The third kappa shape index (κ3) is 6.16. The topological polar surface area (TPSA) is 53.9 Å². The molecule has 25 heavy (non-hydrogen) atoms. The van der Waals surface area contributed by atoms with E-state index in [1.54, 1.807) is 0 Å². The molecule has 0 heterocycles. The molecule has 1 aliphatic rings. The number of likely N-dealkylation sites (N-methyl/N-ethyl adjacent to an activating group) is 2. The second-order valence-electron chi connectivity index (χ2n) is 7.20. The van der Waals surface area contributed by atoms with Gasteiger partial charge in [-0.2, -0.15) is 0 Å². The Morgan fingerprint density at radius 1 is 1.12 bits per heavy atom. The lowest BCUT2D eigenvalue weighted by atomic mass is 9.94. The van der Waals surface area contributed by atoms with Crippen molar-refractivity contribution in [2.45, 2.75) is 52.0 Å². The van der Waals surface area contributed by atoms with Crippen LogP contribution in [0.15, 0.2) is 24.3 Å². The molecule has 1 fully saturated rings. The monoisotopic (exact) mass is 346 g/mol. The number of carbonyl (C=O) groups excluding carboxylic acids is 2. The highest BCUT2D eigenvalue weighted by Crippen LogP contribution is 2.22. The number of quaternary nitrogens is 1. The first-order valence-electron chi connectivity index (χ1n) is 9.47. The van der Waals surface area contributed by atoms with E-state index in [4.69, 9.17) is 0 Å². The van der Waals surface area contributed by atoms with Crippen molar-refractivity contribution < 1.29 is 14.5 Å². The molecule has 1 saturated carbocycles. The molecular weight excluding hydrogens is 314 g/mol. The van der Waals surface area contributed by atoms with Crippen LogP contribution >= 0.6 is 0 Å². The van der Waals surface area contributed by atoms with Gasteiger partial charge in [0.2, 0.25) is 0 Å². The molecular formula is C20H32N3O2+. The number of aryl methyl sites for hydroxylation is 1. The molecule has 1 aromatic carbocycles. The quantitative estimate of drug-likeness (QED) is 0.788. The normalized spacial score (nSPS) is 16.3. The van der Waals surface area contributed by atoms with Gasteiger partial charge in [-0.05, 0) is 38.8 Å². The zero-order valence-corrected chi connectivity index (χ0v) is 15.8. The number of benzene rings is 1. The molecule has 5 heteroatoms. The average Bonchev–Trinajstić information content (AvgIpc) is 2.58. The molecule has 1 aromatic rings. The summed E-state index contributed by atoms with van der Waals surface area (Å²) in [5.74, 6) is 0.102.